The summed E-state index contributed by atoms with van der Waals surface area (Å²) in [5, 5.41) is 21.8. The van der Waals surface area contributed by atoms with Crippen LogP contribution >= 0.6 is 11.8 Å². The first-order valence-electron chi connectivity index (χ1n) is 17.9. The number of aliphatic imine (C=N–C) groups is 1. The maximum atomic E-state index is 14.7. The standard InChI is InChI=1S/C36H46N8O8S2/c1-4-16-39-54(51,52)26-12-10-24(11-13-26)32(47)40-27(19-23-8-6-5-7-9-23)34(49)43-22-25(44-29(21-38-42-44)35(2,3)50)20-28(43)33(48)41-36(30(45)31(37)46)14-17-53-18-15-36/h1,10-13,21,23,25,28,39,50H,5-9,14-20,22H2,2-3H3,(H2,37,46)(H,41,48)/t25-,28-/m0/s1. The molecule has 2 saturated heterocycles. The highest BCUT2D eigenvalue weighted by Gasteiger charge is 2.49. The number of Topliss-reactive ketones (excluding diaryl/α,β-unsaturated/α-hetero) is 1. The van der Waals surface area contributed by atoms with E-state index in [0.717, 1.165) is 32.1 Å². The predicted molar refractivity (Wildman–Crippen MR) is 199 cm³/mol. The van der Waals surface area contributed by atoms with Gasteiger partial charge in [0, 0.05) is 18.5 Å². The number of ketones is 1. The molecule has 5 rings (SSSR count). The number of sulfonamides is 1. The average molecular weight is 783 g/mol. The molecule has 0 unspecified atom stereocenters. The Morgan fingerprint density at radius 2 is 1.78 bits per heavy atom. The molecule has 0 radical (unpaired) electrons. The molecule has 1 saturated carbocycles. The van der Waals surface area contributed by atoms with Crippen molar-refractivity contribution in [3.8, 4) is 12.3 Å². The van der Waals surface area contributed by atoms with Crippen molar-refractivity contribution in [1.82, 2.24) is 29.9 Å². The molecule has 16 nitrogen and oxygen atoms in total. The Morgan fingerprint density at radius 3 is 2.39 bits per heavy atom. The molecule has 1 aliphatic carbocycles. The molecule has 4 amide bonds. The molecule has 54 heavy (non-hydrogen) atoms. The average Bonchev–Trinajstić information content (AvgIpc) is 3.83. The van der Waals surface area contributed by atoms with Crippen molar-refractivity contribution >= 4 is 56.9 Å². The van der Waals surface area contributed by atoms with Crippen molar-refractivity contribution in [2.24, 2.45) is 16.6 Å². The highest BCUT2D eigenvalue weighted by atomic mass is 32.2. The minimum absolute atomic E-state index is 0.00785. The summed E-state index contributed by atoms with van der Waals surface area (Å²) in [4.78, 5) is 73.5. The number of primary amides is 1. The van der Waals surface area contributed by atoms with E-state index >= 15 is 0 Å². The lowest BCUT2D eigenvalue weighted by atomic mass is 9.85. The summed E-state index contributed by atoms with van der Waals surface area (Å²) in [5.74, 6) is -0.991. The van der Waals surface area contributed by atoms with Gasteiger partial charge in [-0.15, -0.1) is 11.5 Å². The Bertz CT molecular complexity index is 1940. The number of likely N-dealkylation sites (tertiary alicyclic amines) is 1. The second-order valence-electron chi connectivity index (χ2n) is 14.5. The molecule has 5 N–H and O–H groups in total. The molecule has 290 valence electrons. The molecule has 2 atom stereocenters. The summed E-state index contributed by atoms with van der Waals surface area (Å²) in [5.41, 5.74) is 2.82. The normalized spacial score (nSPS) is 20.9. The monoisotopic (exact) mass is 782 g/mol. The molecule has 0 bridgehead atoms. The van der Waals surface area contributed by atoms with Crippen LogP contribution in [0.25, 0.3) is 0 Å². The number of aromatic nitrogens is 3. The highest BCUT2D eigenvalue weighted by Crippen LogP contribution is 2.35. The quantitative estimate of drug-likeness (QED) is 0.128. The fourth-order valence-electron chi connectivity index (χ4n) is 7.29. The van der Waals surface area contributed by atoms with Crippen molar-refractivity contribution in [1.29, 1.82) is 0 Å². The minimum Gasteiger partial charge on any atom is -0.384 e. The predicted octanol–water partition coefficient (Wildman–Crippen LogP) is 1.25. The van der Waals surface area contributed by atoms with E-state index < -0.39 is 62.7 Å². The van der Waals surface area contributed by atoms with Gasteiger partial charge in [0.05, 0.1) is 29.4 Å². The molecule has 3 fully saturated rings. The zero-order chi connectivity index (χ0) is 39.3. The van der Waals surface area contributed by atoms with Gasteiger partial charge >= 0.3 is 0 Å². The van der Waals surface area contributed by atoms with Crippen molar-refractivity contribution in [3.05, 3.63) is 41.7 Å². The molecule has 0 spiro atoms. The van der Waals surface area contributed by atoms with E-state index in [4.69, 9.17) is 12.2 Å². The number of hydrogen-bond donors (Lipinski definition) is 4. The van der Waals surface area contributed by atoms with Gasteiger partial charge in [0.15, 0.2) is 0 Å². The van der Waals surface area contributed by atoms with Gasteiger partial charge in [-0.1, -0.05) is 43.2 Å². The lowest BCUT2D eigenvalue weighted by Crippen LogP contribution is -2.63. The van der Waals surface area contributed by atoms with Crippen molar-refractivity contribution in [2.45, 2.75) is 99.8 Å². The number of nitrogens with two attached hydrogens (primary N) is 1. The SMILES string of the molecule is C#CCNS(=O)(=O)c1ccc(C(=O)N=C(CC2CCCCC2)C(=O)N2C[C@@H](n3nncc3C(C)(C)O)C[C@H]2C(=O)NC2(C(=O)C(N)=O)CCSCC2)cc1. The van der Waals surface area contributed by atoms with E-state index in [1.807, 2.05) is 0 Å². The molecule has 3 aliphatic rings. The van der Waals surface area contributed by atoms with Gasteiger partial charge in [0.1, 0.15) is 22.9 Å². The fourth-order valence-corrected chi connectivity index (χ4v) is 9.42. The molecular weight excluding hydrogens is 737 g/mol. The van der Waals surface area contributed by atoms with E-state index in [1.165, 1.54) is 40.0 Å². The largest absolute Gasteiger partial charge is 0.384 e. The molecule has 18 heteroatoms. The number of nitrogens with zero attached hydrogens (tertiary/aromatic N) is 5. The minimum atomic E-state index is -3.92. The van der Waals surface area contributed by atoms with Crippen molar-refractivity contribution in [2.75, 3.05) is 24.6 Å². The van der Waals surface area contributed by atoms with Crippen molar-refractivity contribution in [3.63, 3.8) is 0 Å². The van der Waals surface area contributed by atoms with Crippen LogP contribution in [0.15, 0.2) is 40.4 Å². The summed E-state index contributed by atoms with van der Waals surface area (Å²) in [6.45, 7) is 2.82. The van der Waals surface area contributed by atoms with E-state index in [2.05, 4.69) is 31.3 Å². The highest BCUT2D eigenvalue weighted by molar-refractivity contribution is 7.99. The number of amides is 4. The Labute approximate surface area is 318 Å². The van der Waals surface area contributed by atoms with Crippen molar-refractivity contribution < 1.29 is 37.5 Å². The molecular formula is C36H46N8O8S2. The summed E-state index contributed by atoms with van der Waals surface area (Å²) in [7, 11) is -3.92. The van der Waals surface area contributed by atoms with Gasteiger partial charge < -0.3 is 21.1 Å². The van der Waals surface area contributed by atoms with Crippen LogP contribution in [0.5, 0.6) is 0 Å². The molecule has 2 aromatic rings. The van der Waals surface area contributed by atoms with Crippen LogP contribution in [0.4, 0.5) is 0 Å². The van der Waals surface area contributed by atoms with Gasteiger partial charge in [-0.25, -0.2) is 18.1 Å². The topological polar surface area (TPSA) is 236 Å². The molecule has 3 heterocycles. The van der Waals surface area contributed by atoms with Crippen LogP contribution in [0, 0.1) is 18.3 Å². The maximum Gasteiger partial charge on any atom is 0.287 e. The summed E-state index contributed by atoms with van der Waals surface area (Å²) in [6.07, 6.45) is 11.6. The Kier molecular flexibility index (Phi) is 12.8. The maximum absolute atomic E-state index is 14.7. The Morgan fingerprint density at radius 1 is 1.11 bits per heavy atom. The van der Waals surface area contributed by atoms with E-state index in [9.17, 15) is 37.5 Å². The first kappa shape index (κ1) is 40.7. The van der Waals surface area contributed by atoms with Crippen LogP contribution in [0.3, 0.4) is 0 Å². The molecule has 1 aromatic heterocycles. The number of carbonyl (C=O) groups excluding carboxylic acids is 5. The Hall–Kier alpha value is -4.44. The number of hydrogen-bond acceptors (Lipinski definition) is 11. The number of nitrogens with one attached hydrogen (secondary N) is 2. The van der Waals surface area contributed by atoms with Gasteiger partial charge in [0.2, 0.25) is 21.7 Å². The van der Waals surface area contributed by atoms with Crippen LogP contribution in [0.2, 0.25) is 0 Å². The zero-order valence-corrected chi connectivity index (χ0v) is 32.0. The van der Waals surface area contributed by atoms with Gasteiger partial charge in [0.25, 0.3) is 17.7 Å². The van der Waals surface area contributed by atoms with Crippen LogP contribution in [-0.4, -0.2) is 105 Å². The zero-order valence-electron chi connectivity index (χ0n) is 30.3. The molecule has 1 aromatic carbocycles. The van der Waals surface area contributed by atoms with Crippen LogP contribution in [-0.2, 0) is 34.8 Å². The first-order chi connectivity index (χ1) is 25.6. The van der Waals surface area contributed by atoms with Gasteiger partial charge in [-0.05, 0) is 74.8 Å². The van der Waals surface area contributed by atoms with E-state index in [-0.39, 0.29) is 60.9 Å². The fraction of sp³-hybridized carbons (Fsp3) is 0.556. The van der Waals surface area contributed by atoms with Gasteiger partial charge in [-0.3, -0.25) is 24.0 Å². The number of aliphatic hydroxyl groups is 1. The summed E-state index contributed by atoms with van der Waals surface area (Å²) >= 11 is 1.57. The third-order valence-electron chi connectivity index (χ3n) is 10.2. The summed E-state index contributed by atoms with van der Waals surface area (Å²) < 4.78 is 28.8. The second-order valence-corrected chi connectivity index (χ2v) is 17.5. The van der Waals surface area contributed by atoms with Crippen LogP contribution < -0.4 is 15.8 Å². The third kappa shape index (κ3) is 9.25. The van der Waals surface area contributed by atoms with Gasteiger partial charge in [-0.2, -0.15) is 16.5 Å². The van der Waals surface area contributed by atoms with E-state index in [1.54, 1.807) is 25.6 Å². The Balaban J connectivity index is 1.51. The number of terminal acetylenes is 1. The van der Waals surface area contributed by atoms with Crippen LogP contribution in [0.1, 0.15) is 93.7 Å². The smallest absolute Gasteiger partial charge is 0.287 e. The lowest BCUT2D eigenvalue weighted by Gasteiger charge is -2.37. The number of rotatable bonds is 13. The first-order valence-corrected chi connectivity index (χ1v) is 20.5. The number of carbonyl (C=O) groups is 5. The second kappa shape index (κ2) is 16.9. The number of thioether (sulfide) groups is 1. The lowest BCUT2D eigenvalue weighted by molar-refractivity contribution is -0.143. The van der Waals surface area contributed by atoms with E-state index in [0.29, 0.717) is 17.2 Å². The molecule has 2 aliphatic heterocycles. The summed E-state index contributed by atoms with van der Waals surface area (Å²) in [6, 6.07) is 3.22. The third-order valence-corrected chi connectivity index (χ3v) is 12.6. The number of benzene rings is 1.